The highest BCUT2D eigenvalue weighted by molar-refractivity contribution is 5.78. The van der Waals surface area contributed by atoms with Gasteiger partial charge in [0.25, 0.3) is 0 Å². The Morgan fingerprint density at radius 3 is 2.44 bits per heavy atom. The average Bonchev–Trinajstić information content (AvgIpc) is 2.63. The molecule has 1 heterocycles. The van der Waals surface area contributed by atoms with Crippen LogP contribution in [0.3, 0.4) is 0 Å². The van der Waals surface area contributed by atoms with E-state index in [1.54, 1.807) is 6.92 Å². The van der Waals surface area contributed by atoms with Gasteiger partial charge < -0.3 is 15.0 Å². The number of ether oxygens (including phenoxy) is 1. The topological polar surface area (TPSA) is 58.6 Å². The summed E-state index contributed by atoms with van der Waals surface area (Å²) in [4.78, 5) is 24.9. The number of carbonyl (C=O) groups excluding carboxylic acids is 2. The van der Waals surface area contributed by atoms with Crippen LogP contribution in [-0.4, -0.2) is 49.6 Å². The van der Waals surface area contributed by atoms with Gasteiger partial charge in [-0.15, -0.1) is 0 Å². The summed E-state index contributed by atoms with van der Waals surface area (Å²) < 4.78 is 4.81. The fraction of sp³-hybridized carbons (Fsp3) is 0.846. The van der Waals surface area contributed by atoms with Gasteiger partial charge >= 0.3 is 5.97 Å². The Morgan fingerprint density at radius 2 is 1.83 bits per heavy atom. The van der Waals surface area contributed by atoms with Crippen LogP contribution in [0.15, 0.2) is 0 Å². The number of nitrogens with one attached hydrogen (secondary N) is 1. The Kier molecular flexibility index (Phi) is 7.41. The van der Waals surface area contributed by atoms with Crippen LogP contribution in [0.4, 0.5) is 0 Å². The van der Waals surface area contributed by atoms with Crippen molar-refractivity contribution in [3.8, 4) is 0 Å². The monoisotopic (exact) mass is 256 g/mol. The molecule has 0 radical (unpaired) electrons. The molecule has 5 nitrogen and oxygen atoms in total. The van der Waals surface area contributed by atoms with E-state index in [-0.39, 0.29) is 11.9 Å². The summed E-state index contributed by atoms with van der Waals surface area (Å²) in [6.45, 7) is 4.76. The standard InChI is InChI=1S/C13H24N2O3/c1-2-18-13(17)7-8-14-11-12(16)15-9-5-3-4-6-10-15/h14H,2-11H2,1H3. The van der Waals surface area contributed by atoms with E-state index in [0.29, 0.717) is 26.1 Å². The smallest absolute Gasteiger partial charge is 0.307 e. The van der Waals surface area contributed by atoms with E-state index in [4.69, 9.17) is 4.74 Å². The first-order chi connectivity index (χ1) is 8.74. The molecule has 1 aliphatic rings. The van der Waals surface area contributed by atoms with Gasteiger partial charge in [-0.2, -0.15) is 0 Å². The predicted octanol–water partition coefficient (Wildman–Crippen LogP) is 0.932. The van der Waals surface area contributed by atoms with Crippen LogP contribution < -0.4 is 5.32 Å². The molecule has 1 N–H and O–H groups in total. The lowest BCUT2D eigenvalue weighted by molar-refractivity contribution is -0.143. The molecule has 1 aliphatic heterocycles. The van der Waals surface area contributed by atoms with Gasteiger partial charge in [-0.25, -0.2) is 0 Å². The van der Waals surface area contributed by atoms with Gasteiger partial charge in [0.05, 0.1) is 19.6 Å². The van der Waals surface area contributed by atoms with E-state index >= 15 is 0 Å². The minimum absolute atomic E-state index is 0.140. The van der Waals surface area contributed by atoms with Gasteiger partial charge in [0.2, 0.25) is 5.91 Å². The zero-order valence-electron chi connectivity index (χ0n) is 11.2. The van der Waals surface area contributed by atoms with Gasteiger partial charge in [0.15, 0.2) is 0 Å². The lowest BCUT2D eigenvalue weighted by atomic mass is 10.2. The number of rotatable bonds is 6. The first-order valence-corrected chi connectivity index (χ1v) is 6.88. The Labute approximate surface area is 109 Å². The molecule has 0 atom stereocenters. The molecular formula is C13H24N2O3. The van der Waals surface area contributed by atoms with Crippen LogP contribution in [-0.2, 0) is 14.3 Å². The summed E-state index contributed by atoms with van der Waals surface area (Å²) in [6.07, 6.45) is 4.98. The van der Waals surface area contributed by atoms with E-state index in [9.17, 15) is 9.59 Å². The van der Waals surface area contributed by atoms with E-state index < -0.39 is 0 Å². The summed E-state index contributed by atoms with van der Waals surface area (Å²) in [7, 11) is 0. The van der Waals surface area contributed by atoms with E-state index in [1.165, 1.54) is 12.8 Å². The normalized spacial score (nSPS) is 16.2. The molecule has 18 heavy (non-hydrogen) atoms. The van der Waals surface area contributed by atoms with E-state index in [1.807, 2.05) is 4.90 Å². The molecule has 0 aromatic carbocycles. The average molecular weight is 256 g/mol. The van der Waals surface area contributed by atoms with Crippen molar-refractivity contribution in [1.82, 2.24) is 10.2 Å². The lowest BCUT2D eigenvalue weighted by Gasteiger charge is -2.20. The molecule has 0 aliphatic carbocycles. The highest BCUT2D eigenvalue weighted by Crippen LogP contribution is 2.09. The lowest BCUT2D eigenvalue weighted by Crippen LogP contribution is -2.39. The van der Waals surface area contributed by atoms with Crippen molar-refractivity contribution < 1.29 is 14.3 Å². The maximum Gasteiger partial charge on any atom is 0.307 e. The quantitative estimate of drug-likeness (QED) is 0.567. The molecule has 0 aromatic rings. The Bertz CT molecular complexity index is 261. The molecule has 1 fully saturated rings. The molecule has 0 spiro atoms. The third-order valence-electron chi connectivity index (χ3n) is 3.05. The largest absolute Gasteiger partial charge is 0.466 e. The molecular weight excluding hydrogens is 232 g/mol. The van der Waals surface area contributed by atoms with Crippen LogP contribution in [0.5, 0.6) is 0 Å². The van der Waals surface area contributed by atoms with Crippen molar-refractivity contribution in [1.29, 1.82) is 0 Å². The minimum atomic E-state index is -0.216. The van der Waals surface area contributed by atoms with Crippen molar-refractivity contribution >= 4 is 11.9 Å². The minimum Gasteiger partial charge on any atom is -0.466 e. The summed E-state index contributed by atoms with van der Waals surface area (Å²) in [5.74, 6) is -0.0759. The maximum absolute atomic E-state index is 11.9. The van der Waals surface area contributed by atoms with Gasteiger partial charge in [0, 0.05) is 19.6 Å². The summed E-state index contributed by atoms with van der Waals surface area (Å²) in [6, 6.07) is 0. The molecule has 0 bridgehead atoms. The second-order valence-electron chi connectivity index (χ2n) is 4.53. The second kappa shape index (κ2) is 8.91. The summed E-state index contributed by atoms with van der Waals surface area (Å²) in [5, 5.41) is 3.00. The van der Waals surface area contributed by atoms with Crippen LogP contribution >= 0.6 is 0 Å². The number of likely N-dealkylation sites (tertiary alicyclic amines) is 1. The zero-order chi connectivity index (χ0) is 13.2. The van der Waals surface area contributed by atoms with Crippen LogP contribution in [0.2, 0.25) is 0 Å². The number of amides is 1. The van der Waals surface area contributed by atoms with Crippen molar-refractivity contribution in [3.05, 3.63) is 0 Å². The van der Waals surface area contributed by atoms with Crippen LogP contribution in [0, 0.1) is 0 Å². The first kappa shape index (κ1) is 15.0. The second-order valence-corrected chi connectivity index (χ2v) is 4.53. The van der Waals surface area contributed by atoms with Gasteiger partial charge in [-0.05, 0) is 19.8 Å². The zero-order valence-corrected chi connectivity index (χ0v) is 11.2. The predicted molar refractivity (Wildman–Crippen MR) is 69.2 cm³/mol. The first-order valence-electron chi connectivity index (χ1n) is 6.88. The molecule has 1 saturated heterocycles. The van der Waals surface area contributed by atoms with Gasteiger partial charge in [0.1, 0.15) is 0 Å². The van der Waals surface area contributed by atoms with Crippen LogP contribution in [0.1, 0.15) is 39.0 Å². The molecule has 0 saturated carbocycles. The van der Waals surface area contributed by atoms with Gasteiger partial charge in [-0.3, -0.25) is 9.59 Å². The number of hydrogen-bond acceptors (Lipinski definition) is 4. The molecule has 104 valence electrons. The fourth-order valence-electron chi connectivity index (χ4n) is 2.05. The van der Waals surface area contributed by atoms with E-state index in [2.05, 4.69) is 5.32 Å². The summed E-state index contributed by atoms with van der Waals surface area (Å²) >= 11 is 0. The maximum atomic E-state index is 11.9. The van der Waals surface area contributed by atoms with Crippen molar-refractivity contribution in [2.45, 2.75) is 39.0 Å². The Balaban J connectivity index is 2.10. The number of esters is 1. The number of hydrogen-bond donors (Lipinski definition) is 1. The Hall–Kier alpha value is -1.10. The third kappa shape index (κ3) is 6.00. The molecule has 5 heteroatoms. The molecule has 1 amide bonds. The van der Waals surface area contributed by atoms with Crippen molar-refractivity contribution in [3.63, 3.8) is 0 Å². The molecule has 0 unspecified atom stereocenters. The van der Waals surface area contributed by atoms with Crippen molar-refractivity contribution in [2.24, 2.45) is 0 Å². The molecule has 1 rings (SSSR count). The fourth-order valence-corrected chi connectivity index (χ4v) is 2.05. The Morgan fingerprint density at radius 1 is 1.17 bits per heavy atom. The number of nitrogens with zero attached hydrogens (tertiary/aromatic N) is 1. The highest BCUT2D eigenvalue weighted by Gasteiger charge is 2.14. The molecule has 0 aromatic heterocycles. The number of carbonyl (C=O) groups is 2. The van der Waals surface area contributed by atoms with Crippen molar-refractivity contribution in [2.75, 3.05) is 32.8 Å². The summed E-state index contributed by atoms with van der Waals surface area (Å²) in [5.41, 5.74) is 0. The van der Waals surface area contributed by atoms with E-state index in [0.717, 1.165) is 25.9 Å². The van der Waals surface area contributed by atoms with Gasteiger partial charge in [-0.1, -0.05) is 12.8 Å². The highest BCUT2D eigenvalue weighted by atomic mass is 16.5. The third-order valence-corrected chi connectivity index (χ3v) is 3.05. The SMILES string of the molecule is CCOC(=O)CCNCC(=O)N1CCCCCC1. The van der Waals surface area contributed by atoms with Crippen LogP contribution in [0.25, 0.3) is 0 Å².